The molecule has 0 aliphatic rings. The van der Waals surface area contributed by atoms with Crippen LogP contribution in [0.1, 0.15) is 11.5 Å². The van der Waals surface area contributed by atoms with Crippen LogP contribution in [0.5, 0.6) is 0 Å². The molecule has 0 aliphatic carbocycles. The highest BCUT2D eigenvalue weighted by atomic mass is 19.1. The number of halogens is 1. The molecule has 0 aliphatic heterocycles. The number of fused-ring (bicyclic) bond motifs is 1. The van der Waals surface area contributed by atoms with Gasteiger partial charge in [-0.05, 0) is 6.07 Å². The van der Waals surface area contributed by atoms with E-state index in [0.717, 1.165) is 12.1 Å². The standard InChI is InChI=1S/C12H9FN6O3/c1-18-10(14-5-15-18)4-8-11-7(12(20)17-16-8)2-6(13)3-9(11)19(21)22/h2-3,5H,4H2,1H3,(H,17,20). The highest BCUT2D eigenvalue weighted by Gasteiger charge is 2.21. The summed E-state index contributed by atoms with van der Waals surface area (Å²) in [7, 11) is 1.66. The molecule has 0 bridgehead atoms. The van der Waals surface area contributed by atoms with Gasteiger partial charge < -0.3 is 0 Å². The van der Waals surface area contributed by atoms with Gasteiger partial charge in [-0.3, -0.25) is 19.6 Å². The zero-order valence-corrected chi connectivity index (χ0v) is 11.3. The molecule has 10 heteroatoms. The van der Waals surface area contributed by atoms with Crippen LogP contribution in [-0.2, 0) is 13.5 Å². The van der Waals surface area contributed by atoms with Crippen LogP contribution in [-0.4, -0.2) is 29.9 Å². The van der Waals surface area contributed by atoms with Gasteiger partial charge >= 0.3 is 0 Å². The number of hydrogen-bond donors (Lipinski definition) is 1. The second-order valence-corrected chi connectivity index (χ2v) is 4.58. The number of non-ortho nitro benzene ring substituents is 1. The first kappa shape index (κ1) is 13.8. The third-order valence-electron chi connectivity index (χ3n) is 3.24. The van der Waals surface area contributed by atoms with Gasteiger partial charge in [0.1, 0.15) is 18.0 Å². The van der Waals surface area contributed by atoms with Crippen molar-refractivity contribution in [3.63, 3.8) is 0 Å². The molecule has 2 heterocycles. The summed E-state index contributed by atoms with van der Waals surface area (Å²) in [6.07, 6.45) is 1.44. The third kappa shape index (κ3) is 2.20. The SMILES string of the molecule is Cn1ncnc1Cc1n[nH]c(=O)c2cc(F)cc([N+](=O)[O-])c12. The number of aromatic nitrogens is 5. The monoisotopic (exact) mass is 304 g/mol. The lowest BCUT2D eigenvalue weighted by molar-refractivity contribution is -0.383. The van der Waals surface area contributed by atoms with E-state index in [9.17, 15) is 19.3 Å². The Bertz CT molecular complexity index is 948. The van der Waals surface area contributed by atoms with E-state index in [0.29, 0.717) is 5.82 Å². The number of nitro benzene ring substituents is 1. The van der Waals surface area contributed by atoms with Gasteiger partial charge in [0.25, 0.3) is 11.2 Å². The first-order valence-electron chi connectivity index (χ1n) is 6.15. The Labute approximate surface area is 121 Å². The smallest absolute Gasteiger partial charge is 0.267 e. The Morgan fingerprint density at radius 2 is 2.23 bits per heavy atom. The average molecular weight is 304 g/mol. The Hall–Kier alpha value is -3.17. The van der Waals surface area contributed by atoms with Crippen LogP contribution < -0.4 is 5.56 Å². The summed E-state index contributed by atoms with van der Waals surface area (Å²) in [5.41, 5.74) is -0.984. The molecular weight excluding hydrogens is 295 g/mol. The lowest BCUT2D eigenvalue weighted by atomic mass is 10.1. The molecule has 2 aromatic heterocycles. The minimum atomic E-state index is -0.861. The first-order valence-corrected chi connectivity index (χ1v) is 6.15. The molecule has 0 fully saturated rings. The van der Waals surface area contributed by atoms with Gasteiger partial charge in [-0.1, -0.05) is 0 Å². The summed E-state index contributed by atoms with van der Waals surface area (Å²) in [4.78, 5) is 26.2. The molecular formula is C12H9FN6O3. The van der Waals surface area contributed by atoms with Gasteiger partial charge in [-0.25, -0.2) is 14.5 Å². The maximum atomic E-state index is 13.5. The Morgan fingerprint density at radius 1 is 1.45 bits per heavy atom. The molecule has 0 unspecified atom stereocenters. The summed E-state index contributed by atoms with van der Waals surface area (Å²) in [5.74, 6) is -0.361. The number of aryl methyl sites for hydroxylation is 1. The van der Waals surface area contributed by atoms with Crippen LogP contribution in [0.2, 0.25) is 0 Å². The molecule has 0 saturated heterocycles. The number of nitro groups is 1. The summed E-state index contributed by atoms with van der Waals surface area (Å²) >= 11 is 0. The van der Waals surface area contributed by atoms with Crippen LogP contribution in [0, 0.1) is 15.9 Å². The highest BCUT2D eigenvalue weighted by Crippen LogP contribution is 2.27. The topological polar surface area (TPSA) is 120 Å². The number of H-pyrrole nitrogens is 1. The van der Waals surface area contributed by atoms with Crippen molar-refractivity contribution in [1.82, 2.24) is 25.0 Å². The Kier molecular flexibility index (Phi) is 3.13. The predicted octanol–water partition coefficient (Wildman–Crippen LogP) is 0.690. The normalized spacial score (nSPS) is 11.0. The zero-order chi connectivity index (χ0) is 15.9. The molecule has 1 aromatic carbocycles. The third-order valence-corrected chi connectivity index (χ3v) is 3.24. The van der Waals surface area contributed by atoms with Gasteiger partial charge in [0, 0.05) is 7.05 Å². The van der Waals surface area contributed by atoms with Crippen LogP contribution in [0.25, 0.3) is 10.8 Å². The minimum absolute atomic E-state index is 0.00171. The van der Waals surface area contributed by atoms with E-state index < -0.39 is 22.0 Å². The van der Waals surface area contributed by atoms with E-state index in [1.54, 1.807) is 7.05 Å². The van der Waals surface area contributed by atoms with E-state index in [4.69, 9.17) is 0 Å². The van der Waals surface area contributed by atoms with Crippen molar-refractivity contribution in [3.8, 4) is 0 Å². The van der Waals surface area contributed by atoms with Crippen molar-refractivity contribution < 1.29 is 9.31 Å². The minimum Gasteiger partial charge on any atom is -0.267 e. The number of hydrogen-bond acceptors (Lipinski definition) is 6. The van der Waals surface area contributed by atoms with Crippen LogP contribution in [0.4, 0.5) is 10.1 Å². The lowest BCUT2D eigenvalue weighted by Gasteiger charge is -2.05. The first-order chi connectivity index (χ1) is 10.5. The van der Waals surface area contributed by atoms with Gasteiger partial charge in [0.2, 0.25) is 0 Å². The molecule has 112 valence electrons. The summed E-state index contributed by atoms with van der Waals surface area (Å²) in [5, 5.41) is 21.0. The van der Waals surface area contributed by atoms with E-state index in [1.807, 2.05) is 0 Å². The Balaban J connectivity index is 2.31. The van der Waals surface area contributed by atoms with E-state index >= 15 is 0 Å². The van der Waals surface area contributed by atoms with E-state index in [-0.39, 0.29) is 22.9 Å². The number of nitrogens with one attached hydrogen (secondary N) is 1. The zero-order valence-electron chi connectivity index (χ0n) is 11.3. The molecule has 0 amide bonds. The van der Waals surface area contributed by atoms with Crippen molar-refractivity contribution in [3.05, 3.63) is 56.3 Å². The van der Waals surface area contributed by atoms with Crippen LogP contribution >= 0.6 is 0 Å². The van der Waals surface area contributed by atoms with E-state index in [1.165, 1.54) is 11.0 Å². The predicted molar refractivity (Wildman–Crippen MR) is 72.8 cm³/mol. The summed E-state index contributed by atoms with van der Waals surface area (Å²) in [6, 6.07) is 1.71. The van der Waals surface area contributed by atoms with Gasteiger partial charge in [0.05, 0.1) is 33.9 Å². The molecule has 0 saturated carbocycles. The van der Waals surface area contributed by atoms with Gasteiger partial charge in [-0.2, -0.15) is 10.2 Å². The van der Waals surface area contributed by atoms with Crippen molar-refractivity contribution in [1.29, 1.82) is 0 Å². The molecule has 0 radical (unpaired) electrons. The van der Waals surface area contributed by atoms with Gasteiger partial charge in [0.15, 0.2) is 0 Å². The number of rotatable bonds is 3. The molecule has 0 atom stereocenters. The molecule has 9 nitrogen and oxygen atoms in total. The van der Waals surface area contributed by atoms with Crippen molar-refractivity contribution in [2.24, 2.45) is 7.05 Å². The maximum absolute atomic E-state index is 13.5. The second-order valence-electron chi connectivity index (χ2n) is 4.58. The fraction of sp³-hybridized carbons (Fsp3) is 0.167. The summed E-state index contributed by atoms with van der Waals surface area (Å²) in [6.45, 7) is 0. The number of benzene rings is 1. The second kappa shape index (κ2) is 4.98. The maximum Gasteiger partial charge on any atom is 0.282 e. The molecule has 0 spiro atoms. The quantitative estimate of drug-likeness (QED) is 0.561. The Morgan fingerprint density at radius 3 is 2.86 bits per heavy atom. The molecule has 3 rings (SSSR count). The highest BCUT2D eigenvalue weighted by molar-refractivity contribution is 5.92. The molecule has 1 N–H and O–H groups in total. The lowest BCUT2D eigenvalue weighted by Crippen LogP contribution is -2.14. The average Bonchev–Trinajstić information content (AvgIpc) is 2.86. The van der Waals surface area contributed by atoms with Crippen LogP contribution in [0.15, 0.2) is 23.3 Å². The number of nitrogens with zero attached hydrogens (tertiary/aromatic N) is 5. The largest absolute Gasteiger partial charge is 0.282 e. The van der Waals surface area contributed by atoms with Crippen molar-refractivity contribution in [2.75, 3.05) is 0 Å². The van der Waals surface area contributed by atoms with Crippen LogP contribution in [0.3, 0.4) is 0 Å². The summed E-state index contributed by atoms with van der Waals surface area (Å²) < 4.78 is 15.0. The van der Waals surface area contributed by atoms with Crippen molar-refractivity contribution in [2.45, 2.75) is 6.42 Å². The van der Waals surface area contributed by atoms with E-state index in [2.05, 4.69) is 20.3 Å². The van der Waals surface area contributed by atoms with Crippen molar-refractivity contribution >= 4 is 16.5 Å². The fourth-order valence-corrected chi connectivity index (χ4v) is 2.21. The number of aromatic amines is 1. The molecule has 22 heavy (non-hydrogen) atoms. The molecule has 3 aromatic rings. The van der Waals surface area contributed by atoms with Gasteiger partial charge in [-0.15, -0.1) is 0 Å². The fourth-order valence-electron chi connectivity index (χ4n) is 2.21.